The standard InChI is InChI=1S/C14H21N3O/c15-12-10-16-9-8-13(12)17-14(18)7-6-11-4-2-1-3-5-11/h8-11H,1-7,15H2,(H,16,17,18). The molecule has 1 amide bonds. The fourth-order valence-corrected chi connectivity index (χ4v) is 2.54. The molecule has 1 aromatic rings. The van der Waals surface area contributed by atoms with Crippen LogP contribution in [0.1, 0.15) is 44.9 Å². The summed E-state index contributed by atoms with van der Waals surface area (Å²) in [6.07, 6.45) is 11.3. The van der Waals surface area contributed by atoms with E-state index in [9.17, 15) is 4.79 Å². The maximum atomic E-state index is 11.8. The highest BCUT2D eigenvalue weighted by Crippen LogP contribution is 2.27. The number of nitrogens with zero attached hydrogens (tertiary/aromatic N) is 1. The molecule has 1 aliphatic carbocycles. The summed E-state index contributed by atoms with van der Waals surface area (Å²) in [6, 6.07) is 1.73. The van der Waals surface area contributed by atoms with Gasteiger partial charge in [0.2, 0.25) is 5.91 Å². The molecule has 0 unspecified atom stereocenters. The van der Waals surface area contributed by atoms with Crippen molar-refractivity contribution in [2.75, 3.05) is 11.1 Å². The number of rotatable bonds is 4. The Morgan fingerprint density at radius 1 is 1.39 bits per heavy atom. The fourth-order valence-electron chi connectivity index (χ4n) is 2.54. The summed E-state index contributed by atoms with van der Waals surface area (Å²) in [5.41, 5.74) is 6.91. The molecule has 1 fully saturated rings. The zero-order valence-corrected chi connectivity index (χ0v) is 10.7. The highest BCUT2D eigenvalue weighted by Gasteiger charge is 2.15. The van der Waals surface area contributed by atoms with Crippen LogP contribution in [-0.4, -0.2) is 10.9 Å². The third-order valence-electron chi connectivity index (χ3n) is 3.63. The lowest BCUT2D eigenvalue weighted by Crippen LogP contribution is -2.15. The van der Waals surface area contributed by atoms with Crippen LogP contribution in [0.3, 0.4) is 0 Å². The number of hydrogen-bond acceptors (Lipinski definition) is 3. The molecule has 2 rings (SSSR count). The molecule has 0 saturated heterocycles. The van der Waals surface area contributed by atoms with Gasteiger partial charge in [0.25, 0.3) is 0 Å². The van der Waals surface area contributed by atoms with Gasteiger partial charge in [-0.15, -0.1) is 0 Å². The van der Waals surface area contributed by atoms with Crippen LogP contribution in [0.25, 0.3) is 0 Å². The van der Waals surface area contributed by atoms with Crippen LogP contribution in [0.5, 0.6) is 0 Å². The molecular weight excluding hydrogens is 226 g/mol. The Labute approximate surface area is 108 Å². The molecule has 3 N–H and O–H groups in total. The summed E-state index contributed by atoms with van der Waals surface area (Å²) >= 11 is 0. The molecule has 0 spiro atoms. The second-order valence-corrected chi connectivity index (χ2v) is 5.05. The summed E-state index contributed by atoms with van der Waals surface area (Å²) in [7, 11) is 0. The van der Waals surface area contributed by atoms with E-state index in [1.54, 1.807) is 18.5 Å². The van der Waals surface area contributed by atoms with E-state index < -0.39 is 0 Å². The quantitative estimate of drug-likeness (QED) is 0.859. The molecule has 1 aromatic heterocycles. The van der Waals surface area contributed by atoms with Crippen molar-refractivity contribution in [3.8, 4) is 0 Å². The number of nitrogens with one attached hydrogen (secondary N) is 1. The van der Waals surface area contributed by atoms with E-state index in [0.29, 0.717) is 17.8 Å². The van der Waals surface area contributed by atoms with E-state index in [1.165, 1.54) is 32.1 Å². The van der Waals surface area contributed by atoms with Gasteiger partial charge in [0.1, 0.15) is 0 Å². The third-order valence-corrected chi connectivity index (χ3v) is 3.63. The van der Waals surface area contributed by atoms with Crippen molar-refractivity contribution in [1.29, 1.82) is 0 Å². The molecule has 18 heavy (non-hydrogen) atoms. The Hall–Kier alpha value is -1.58. The van der Waals surface area contributed by atoms with E-state index in [-0.39, 0.29) is 5.91 Å². The number of carbonyl (C=O) groups is 1. The topological polar surface area (TPSA) is 68.0 Å². The normalized spacial score (nSPS) is 16.4. The Bertz CT molecular complexity index is 400. The first kappa shape index (κ1) is 12.9. The lowest BCUT2D eigenvalue weighted by molar-refractivity contribution is -0.116. The van der Waals surface area contributed by atoms with E-state index in [0.717, 1.165) is 12.3 Å². The van der Waals surface area contributed by atoms with Gasteiger partial charge in [0, 0.05) is 12.6 Å². The minimum absolute atomic E-state index is 0.0541. The van der Waals surface area contributed by atoms with Gasteiger partial charge in [0.05, 0.1) is 17.6 Å². The van der Waals surface area contributed by atoms with Gasteiger partial charge in [0.15, 0.2) is 0 Å². The molecule has 1 aliphatic rings. The molecule has 4 nitrogen and oxygen atoms in total. The van der Waals surface area contributed by atoms with E-state index in [1.807, 2.05) is 0 Å². The first-order chi connectivity index (χ1) is 8.75. The smallest absolute Gasteiger partial charge is 0.224 e. The largest absolute Gasteiger partial charge is 0.396 e. The van der Waals surface area contributed by atoms with Crippen LogP contribution in [0.15, 0.2) is 18.5 Å². The van der Waals surface area contributed by atoms with Crippen molar-refractivity contribution in [3.05, 3.63) is 18.5 Å². The second kappa shape index (κ2) is 6.38. The molecule has 1 saturated carbocycles. The number of nitrogen functional groups attached to an aromatic ring is 1. The molecular formula is C14H21N3O. The summed E-state index contributed by atoms with van der Waals surface area (Å²) in [6.45, 7) is 0. The summed E-state index contributed by atoms with van der Waals surface area (Å²) in [4.78, 5) is 15.7. The average molecular weight is 247 g/mol. The third kappa shape index (κ3) is 3.72. The molecule has 0 aliphatic heterocycles. The monoisotopic (exact) mass is 247 g/mol. The van der Waals surface area contributed by atoms with Crippen molar-refractivity contribution in [2.45, 2.75) is 44.9 Å². The minimum atomic E-state index is 0.0541. The zero-order valence-electron chi connectivity index (χ0n) is 10.7. The summed E-state index contributed by atoms with van der Waals surface area (Å²) < 4.78 is 0. The molecule has 0 bridgehead atoms. The Kier molecular flexibility index (Phi) is 4.56. The number of amides is 1. The Balaban J connectivity index is 1.76. The maximum absolute atomic E-state index is 11.8. The second-order valence-electron chi connectivity index (χ2n) is 5.05. The first-order valence-corrected chi connectivity index (χ1v) is 6.75. The average Bonchev–Trinajstić information content (AvgIpc) is 2.40. The van der Waals surface area contributed by atoms with Crippen molar-refractivity contribution >= 4 is 17.3 Å². The van der Waals surface area contributed by atoms with Crippen molar-refractivity contribution in [2.24, 2.45) is 5.92 Å². The Morgan fingerprint density at radius 2 is 2.17 bits per heavy atom. The van der Waals surface area contributed by atoms with Gasteiger partial charge in [-0.1, -0.05) is 32.1 Å². The number of pyridine rings is 1. The van der Waals surface area contributed by atoms with Crippen molar-refractivity contribution in [3.63, 3.8) is 0 Å². The summed E-state index contributed by atoms with van der Waals surface area (Å²) in [5.74, 6) is 0.790. The highest BCUT2D eigenvalue weighted by molar-refractivity contribution is 5.93. The van der Waals surface area contributed by atoms with Gasteiger partial charge >= 0.3 is 0 Å². The van der Waals surface area contributed by atoms with Gasteiger partial charge in [-0.3, -0.25) is 9.78 Å². The van der Waals surface area contributed by atoms with Crippen molar-refractivity contribution in [1.82, 2.24) is 4.98 Å². The van der Waals surface area contributed by atoms with E-state index in [4.69, 9.17) is 5.73 Å². The van der Waals surface area contributed by atoms with Crippen LogP contribution in [-0.2, 0) is 4.79 Å². The first-order valence-electron chi connectivity index (χ1n) is 6.75. The highest BCUT2D eigenvalue weighted by atomic mass is 16.1. The van der Waals surface area contributed by atoms with Crippen LogP contribution in [0, 0.1) is 5.92 Å². The van der Waals surface area contributed by atoms with Crippen LogP contribution in [0.2, 0.25) is 0 Å². The lowest BCUT2D eigenvalue weighted by atomic mass is 9.86. The molecule has 1 heterocycles. The SMILES string of the molecule is Nc1cnccc1NC(=O)CCC1CCCCC1. The zero-order chi connectivity index (χ0) is 12.8. The van der Waals surface area contributed by atoms with Crippen LogP contribution >= 0.6 is 0 Å². The van der Waals surface area contributed by atoms with Crippen LogP contribution in [0.4, 0.5) is 11.4 Å². The van der Waals surface area contributed by atoms with E-state index >= 15 is 0 Å². The summed E-state index contributed by atoms with van der Waals surface area (Å²) in [5, 5.41) is 2.85. The van der Waals surface area contributed by atoms with Gasteiger partial charge in [-0.05, 0) is 18.4 Å². The molecule has 0 atom stereocenters. The fraction of sp³-hybridized carbons (Fsp3) is 0.571. The minimum Gasteiger partial charge on any atom is -0.396 e. The molecule has 0 radical (unpaired) electrons. The van der Waals surface area contributed by atoms with Gasteiger partial charge in [-0.2, -0.15) is 0 Å². The van der Waals surface area contributed by atoms with Crippen LogP contribution < -0.4 is 11.1 Å². The maximum Gasteiger partial charge on any atom is 0.224 e. The molecule has 4 heteroatoms. The van der Waals surface area contributed by atoms with Crippen molar-refractivity contribution < 1.29 is 4.79 Å². The molecule has 0 aromatic carbocycles. The number of hydrogen-bond donors (Lipinski definition) is 2. The predicted octanol–water partition coefficient (Wildman–Crippen LogP) is 2.96. The molecule has 98 valence electrons. The number of nitrogens with two attached hydrogens (primary N) is 1. The van der Waals surface area contributed by atoms with Gasteiger partial charge < -0.3 is 11.1 Å². The van der Waals surface area contributed by atoms with Gasteiger partial charge in [-0.25, -0.2) is 0 Å². The number of aromatic nitrogens is 1. The predicted molar refractivity (Wildman–Crippen MR) is 73.1 cm³/mol. The Morgan fingerprint density at radius 3 is 2.89 bits per heavy atom. The number of carbonyl (C=O) groups excluding carboxylic acids is 1. The lowest BCUT2D eigenvalue weighted by Gasteiger charge is -2.21. The number of anilines is 2. The van der Waals surface area contributed by atoms with E-state index in [2.05, 4.69) is 10.3 Å².